The number of benzene rings is 1. The van der Waals surface area contributed by atoms with Gasteiger partial charge in [-0.2, -0.15) is 0 Å². The first-order valence-electron chi connectivity index (χ1n) is 12.8. The van der Waals surface area contributed by atoms with Gasteiger partial charge in [-0.1, -0.05) is 11.6 Å². The fraction of sp³-hybridized carbons (Fsp3) is 0.462. The van der Waals surface area contributed by atoms with Crippen molar-refractivity contribution < 1.29 is 19.5 Å². The van der Waals surface area contributed by atoms with Crippen LogP contribution in [0.1, 0.15) is 50.1 Å². The second kappa shape index (κ2) is 11.4. The summed E-state index contributed by atoms with van der Waals surface area (Å²) in [6.45, 7) is 1.71. The molecule has 0 spiro atoms. The van der Waals surface area contributed by atoms with Gasteiger partial charge in [-0.15, -0.1) is 11.3 Å². The second-order valence-corrected chi connectivity index (χ2v) is 11.5. The van der Waals surface area contributed by atoms with Crippen molar-refractivity contribution in [3.8, 4) is 0 Å². The molecule has 1 aliphatic carbocycles. The first-order chi connectivity index (χ1) is 18.3. The predicted octanol–water partition coefficient (Wildman–Crippen LogP) is 2.07. The topological polar surface area (TPSA) is 139 Å². The molecule has 0 unspecified atom stereocenters. The number of H-pyrrole nitrogens is 1. The maximum Gasteiger partial charge on any atom is 0.280 e. The van der Waals surface area contributed by atoms with Crippen molar-refractivity contribution in [2.75, 3.05) is 26.7 Å². The molecular formula is C26H31ClN6O4S. The second-order valence-electron chi connectivity index (χ2n) is 9.98. The highest BCUT2D eigenvalue weighted by atomic mass is 35.5. The molecule has 0 radical (unpaired) electrons. The number of likely N-dealkylation sites (N-methyl/N-ethyl adjacent to an activating group) is 1. The Morgan fingerprint density at radius 1 is 1.18 bits per heavy atom. The zero-order chi connectivity index (χ0) is 26.8. The number of hydrogen-bond donors (Lipinski definition) is 5. The number of halogens is 1. The zero-order valence-electron chi connectivity index (χ0n) is 21.1. The monoisotopic (exact) mass is 558 g/mol. The highest BCUT2D eigenvalue weighted by molar-refractivity contribution is 7.13. The molecule has 1 aliphatic heterocycles. The van der Waals surface area contributed by atoms with Crippen LogP contribution in [-0.4, -0.2) is 76.5 Å². The standard InChI is InChI=1S/C26H31ClN6O4S/c1-33-8-6-19-22(13-33)38-26(32-19)25(37)31-20-11-14(23(35)28-7-9-34)2-4-18(20)30-24(36)21-12-15-10-16(27)3-5-17(15)29-21/h3,5,10,12,14,18,20,29,34H,2,4,6-9,11,13H2,1H3,(H,28,35)(H,30,36)(H,31,37)/t14-,18-,20+/m0/s1. The quantitative estimate of drug-likeness (QED) is 0.301. The SMILES string of the molecule is CN1CCc2nc(C(=O)N[C@@H]3C[C@@H](C(=O)NCCO)CC[C@@H]3NC(=O)c3cc4cc(Cl)ccc4[nH]3)sc2C1. The van der Waals surface area contributed by atoms with Crippen LogP contribution in [0.3, 0.4) is 0 Å². The summed E-state index contributed by atoms with van der Waals surface area (Å²) in [5, 5.41) is 19.7. The van der Waals surface area contributed by atoms with E-state index in [-0.39, 0.29) is 42.8 Å². The van der Waals surface area contributed by atoms with Crippen molar-refractivity contribution in [1.29, 1.82) is 0 Å². The van der Waals surface area contributed by atoms with Gasteiger partial charge in [-0.3, -0.25) is 14.4 Å². The summed E-state index contributed by atoms with van der Waals surface area (Å²) in [6.07, 6.45) is 2.23. The minimum atomic E-state index is -0.465. The summed E-state index contributed by atoms with van der Waals surface area (Å²) in [4.78, 5) is 50.1. The first-order valence-corrected chi connectivity index (χ1v) is 14.0. The third-order valence-electron chi connectivity index (χ3n) is 7.21. The van der Waals surface area contributed by atoms with Gasteiger partial charge in [0.1, 0.15) is 5.69 Å². The van der Waals surface area contributed by atoms with Crippen molar-refractivity contribution in [3.05, 3.63) is 50.6 Å². The van der Waals surface area contributed by atoms with Crippen LogP contribution < -0.4 is 16.0 Å². The number of aromatic nitrogens is 2. The molecule has 2 aliphatic rings. The Morgan fingerprint density at radius 2 is 2.00 bits per heavy atom. The maximum absolute atomic E-state index is 13.3. The van der Waals surface area contributed by atoms with Gasteiger partial charge in [0.2, 0.25) is 5.91 Å². The number of carbonyl (C=O) groups excluding carboxylic acids is 3. The molecule has 1 aromatic carbocycles. The van der Waals surface area contributed by atoms with Crippen molar-refractivity contribution in [2.24, 2.45) is 5.92 Å². The first kappa shape index (κ1) is 26.6. The third kappa shape index (κ3) is 5.85. The summed E-state index contributed by atoms with van der Waals surface area (Å²) in [5.74, 6) is -1.10. The van der Waals surface area contributed by atoms with Crippen LogP contribution >= 0.6 is 22.9 Å². The molecule has 1 saturated carbocycles. The van der Waals surface area contributed by atoms with E-state index in [1.54, 1.807) is 18.2 Å². The molecule has 5 N–H and O–H groups in total. The van der Waals surface area contributed by atoms with Crippen LogP contribution in [0.15, 0.2) is 24.3 Å². The molecular weight excluding hydrogens is 528 g/mol. The Balaban J connectivity index is 1.32. The molecule has 3 atom stereocenters. The van der Waals surface area contributed by atoms with Gasteiger partial charge in [-0.25, -0.2) is 4.98 Å². The number of nitrogens with zero attached hydrogens (tertiary/aromatic N) is 2. The molecule has 1 fully saturated rings. The summed E-state index contributed by atoms with van der Waals surface area (Å²) in [6, 6.07) is 6.27. The molecule has 12 heteroatoms. The maximum atomic E-state index is 13.3. The Morgan fingerprint density at radius 3 is 2.82 bits per heavy atom. The van der Waals surface area contributed by atoms with E-state index in [1.807, 2.05) is 13.1 Å². The Hall–Kier alpha value is -2.99. The number of aliphatic hydroxyl groups is 1. The van der Waals surface area contributed by atoms with E-state index in [0.717, 1.165) is 41.0 Å². The van der Waals surface area contributed by atoms with Gasteiger partial charge in [0, 0.05) is 58.8 Å². The Labute approximate surface area is 229 Å². The Bertz CT molecular complexity index is 1360. The normalized spacial score (nSPS) is 21.6. The molecule has 3 heterocycles. The molecule has 0 bridgehead atoms. The van der Waals surface area contributed by atoms with Crippen LogP contribution in [0.25, 0.3) is 10.9 Å². The lowest BCUT2D eigenvalue weighted by molar-refractivity contribution is -0.126. The van der Waals surface area contributed by atoms with Crippen LogP contribution in [-0.2, 0) is 17.8 Å². The smallest absolute Gasteiger partial charge is 0.280 e. The molecule has 38 heavy (non-hydrogen) atoms. The fourth-order valence-electron chi connectivity index (χ4n) is 5.19. The van der Waals surface area contributed by atoms with E-state index in [2.05, 4.69) is 30.8 Å². The summed E-state index contributed by atoms with van der Waals surface area (Å²) < 4.78 is 0. The number of thiazole rings is 1. The number of nitrogens with one attached hydrogen (secondary N) is 4. The Kier molecular flexibility index (Phi) is 7.98. The van der Waals surface area contributed by atoms with E-state index in [4.69, 9.17) is 16.7 Å². The van der Waals surface area contributed by atoms with Gasteiger partial charge >= 0.3 is 0 Å². The minimum absolute atomic E-state index is 0.142. The van der Waals surface area contributed by atoms with E-state index in [0.29, 0.717) is 35.0 Å². The number of aliphatic hydroxyl groups excluding tert-OH is 1. The number of fused-ring (bicyclic) bond motifs is 2. The zero-order valence-corrected chi connectivity index (χ0v) is 22.6. The van der Waals surface area contributed by atoms with Crippen molar-refractivity contribution in [1.82, 2.24) is 30.8 Å². The van der Waals surface area contributed by atoms with E-state index < -0.39 is 6.04 Å². The van der Waals surface area contributed by atoms with Gasteiger partial charge in [0.15, 0.2) is 5.01 Å². The van der Waals surface area contributed by atoms with Gasteiger partial charge in [-0.05, 0) is 50.6 Å². The van der Waals surface area contributed by atoms with Gasteiger partial charge in [0.05, 0.1) is 18.3 Å². The van der Waals surface area contributed by atoms with Crippen LogP contribution in [0.5, 0.6) is 0 Å². The minimum Gasteiger partial charge on any atom is -0.395 e. The highest BCUT2D eigenvalue weighted by Crippen LogP contribution is 2.28. The molecule has 2 aromatic heterocycles. The molecule has 0 saturated heterocycles. The van der Waals surface area contributed by atoms with Crippen LogP contribution in [0, 0.1) is 5.92 Å². The van der Waals surface area contributed by atoms with E-state index in [9.17, 15) is 14.4 Å². The summed E-state index contributed by atoms with van der Waals surface area (Å²) in [5.41, 5.74) is 2.16. The van der Waals surface area contributed by atoms with E-state index in [1.165, 1.54) is 11.3 Å². The van der Waals surface area contributed by atoms with Crippen molar-refractivity contribution in [2.45, 2.75) is 44.3 Å². The van der Waals surface area contributed by atoms with Crippen LogP contribution in [0.4, 0.5) is 0 Å². The number of aromatic amines is 1. The average Bonchev–Trinajstić information content (AvgIpc) is 3.52. The van der Waals surface area contributed by atoms with Crippen molar-refractivity contribution in [3.63, 3.8) is 0 Å². The molecule has 10 nitrogen and oxygen atoms in total. The average molecular weight is 559 g/mol. The summed E-state index contributed by atoms with van der Waals surface area (Å²) in [7, 11) is 2.04. The molecule has 3 amide bonds. The number of carbonyl (C=O) groups is 3. The fourth-order valence-corrected chi connectivity index (χ4v) is 6.46. The lowest BCUT2D eigenvalue weighted by Crippen LogP contribution is -2.56. The summed E-state index contributed by atoms with van der Waals surface area (Å²) >= 11 is 7.48. The van der Waals surface area contributed by atoms with Gasteiger partial charge < -0.3 is 30.9 Å². The number of hydrogen-bond acceptors (Lipinski definition) is 7. The van der Waals surface area contributed by atoms with E-state index >= 15 is 0 Å². The molecule has 5 rings (SSSR count). The van der Waals surface area contributed by atoms with Gasteiger partial charge in [0.25, 0.3) is 11.8 Å². The largest absolute Gasteiger partial charge is 0.395 e. The highest BCUT2D eigenvalue weighted by Gasteiger charge is 2.36. The third-order valence-corrected chi connectivity index (χ3v) is 8.53. The van der Waals surface area contributed by atoms with Crippen LogP contribution in [0.2, 0.25) is 5.02 Å². The lowest BCUT2D eigenvalue weighted by atomic mass is 9.81. The number of rotatable bonds is 7. The lowest BCUT2D eigenvalue weighted by Gasteiger charge is -2.36. The predicted molar refractivity (Wildman–Crippen MR) is 145 cm³/mol. The molecule has 202 valence electrons. The molecule has 3 aromatic rings. The number of amides is 3. The van der Waals surface area contributed by atoms with Crippen molar-refractivity contribution >= 4 is 51.6 Å².